The Hall–Kier alpha value is -1.07. The summed E-state index contributed by atoms with van der Waals surface area (Å²) in [5.74, 6) is 0.130. The number of esters is 1. The van der Waals surface area contributed by atoms with Crippen LogP contribution < -0.4 is 5.32 Å². The van der Waals surface area contributed by atoms with E-state index < -0.39 is 0 Å². The van der Waals surface area contributed by atoms with Crippen LogP contribution in [-0.4, -0.2) is 24.2 Å². The Morgan fingerprint density at radius 2 is 2.20 bits per heavy atom. The van der Waals surface area contributed by atoms with Gasteiger partial charge in [-0.15, -0.1) is 0 Å². The van der Waals surface area contributed by atoms with Crippen LogP contribution in [0.3, 0.4) is 0 Å². The number of carbonyl (C=O) groups excluding carboxylic acids is 1. The van der Waals surface area contributed by atoms with E-state index in [9.17, 15) is 9.90 Å². The van der Waals surface area contributed by atoms with Crippen molar-refractivity contribution in [2.24, 2.45) is 0 Å². The number of rotatable bonds is 8. The third-order valence-corrected chi connectivity index (χ3v) is 3.52. The van der Waals surface area contributed by atoms with Gasteiger partial charge >= 0.3 is 5.97 Å². The standard InChI is InChI=1S/C15H22BrNO3/c1-3-13(12-10-11(16)7-8-14(12)18)17-9-5-6-15(19)20-4-2/h7-8,10,13,17-18H,3-6,9H2,1-2H3. The van der Waals surface area contributed by atoms with Crippen molar-refractivity contribution in [1.29, 1.82) is 0 Å². The summed E-state index contributed by atoms with van der Waals surface area (Å²) in [4.78, 5) is 11.2. The molecule has 0 bridgehead atoms. The lowest BCUT2D eigenvalue weighted by Gasteiger charge is -2.18. The number of halogens is 1. The van der Waals surface area contributed by atoms with Gasteiger partial charge in [-0.3, -0.25) is 4.79 Å². The van der Waals surface area contributed by atoms with Crippen LogP contribution >= 0.6 is 15.9 Å². The molecule has 0 amide bonds. The molecule has 4 nitrogen and oxygen atoms in total. The fourth-order valence-electron chi connectivity index (χ4n) is 2.02. The van der Waals surface area contributed by atoms with Crippen LogP contribution in [0.4, 0.5) is 0 Å². The molecule has 0 saturated carbocycles. The van der Waals surface area contributed by atoms with Gasteiger partial charge in [0, 0.05) is 22.5 Å². The van der Waals surface area contributed by atoms with E-state index in [2.05, 4.69) is 28.2 Å². The zero-order valence-corrected chi connectivity index (χ0v) is 13.6. The minimum absolute atomic E-state index is 0.0784. The van der Waals surface area contributed by atoms with Crippen molar-refractivity contribution in [2.45, 2.75) is 39.2 Å². The number of nitrogens with one attached hydrogen (secondary N) is 1. The topological polar surface area (TPSA) is 58.6 Å². The zero-order valence-electron chi connectivity index (χ0n) is 12.0. The molecule has 2 N–H and O–H groups in total. The van der Waals surface area contributed by atoms with E-state index in [1.807, 2.05) is 12.1 Å². The maximum atomic E-state index is 11.2. The minimum atomic E-state index is -0.160. The van der Waals surface area contributed by atoms with Crippen LogP contribution in [0.5, 0.6) is 5.75 Å². The molecule has 1 aromatic carbocycles. The Kier molecular flexibility index (Phi) is 7.62. The molecule has 1 aromatic rings. The molecule has 0 spiro atoms. The van der Waals surface area contributed by atoms with E-state index in [1.165, 1.54) is 0 Å². The molecule has 0 radical (unpaired) electrons. The lowest BCUT2D eigenvalue weighted by Crippen LogP contribution is -2.22. The number of hydrogen-bond acceptors (Lipinski definition) is 4. The number of phenolic OH excluding ortho intramolecular Hbond substituents is 1. The number of benzene rings is 1. The predicted molar refractivity (Wildman–Crippen MR) is 82.7 cm³/mol. The van der Waals surface area contributed by atoms with Crippen molar-refractivity contribution in [2.75, 3.05) is 13.2 Å². The highest BCUT2D eigenvalue weighted by atomic mass is 79.9. The summed E-state index contributed by atoms with van der Waals surface area (Å²) >= 11 is 3.41. The highest BCUT2D eigenvalue weighted by Gasteiger charge is 2.13. The lowest BCUT2D eigenvalue weighted by atomic mass is 10.0. The summed E-state index contributed by atoms with van der Waals surface area (Å²) in [6, 6.07) is 5.49. The SMILES string of the molecule is CCOC(=O)CCCNC(CC)c1cc(Br)ccc1O. The molecule has 20 heavy (non-hydrogen) atoms. The van der Waals surface area contributed by atoms with Crippen LogP contribution in [0.25, 0.3) is 0 Å². The molecular weight excluding hydrogens is 322 g/mol. The van der Waals surface area contributed by atoms with E-state index in [0.717, 1.165) is 22.9 Å². The molecule has 112 valence electrons. The van der Waals surface area contributed by atoms with Crippen LogP contribution in [-0.2, 0) is 9.53 Å². The summed E-state index contributed by atoms with van der Waals surface area (Å²) < 4.78 is 5.82. The van der Waals surface area contributed by atoms with Gasteiger partial charge in [-0.25, -0.2) is 0 Å². The fourth-order valence-corrected chi connectivity index (χ4v) is 2.40. The van der Waals surface area contributed by atoms with E-state index in [4.69, 9.17) is 4.74 Å². The van der Waals surface area contributed by atoms with Crippen molar-refractivity contribution in [3.05, 3.63) is 28.2 Å². The minimum Gasteiger partial charge on any atom is -0.508 e. The molecule has 0 saturated heterocycles. The molecule has 0 heterocycles. The number of aromatic hydroxyl groups is 1. The van der Waals surface area contributed by atoms with E-state index in [1.54, 1.807) is 13.0 Å². The van der Waals surface area contributed by atoms with Crippen molar-refractivity contribution in [1.82, 2.24) is 5.32 Å². The average Bonchev–Trinajstić information content (AvgIpc) is 2.42. The Morgan fingerprint density at radius 1 is 1.45 bits per heavy atom. The van der Waals surface area contributed by atoms with Crippen molar-refractivity contribution >= 4 is 21.9 Å². The van der Waals surface area contributed by atoms with Crippen molar-refractivity contribution in [3.63, 3.8) is 0 Å². The monoisotopic (exact) mass is 343 g/mol. The first kappa shape index (κ1) is 17.0. The van der Waals surface area contributed by atoms with Gasteiger partial charge in [-0.2, -0.15) is 0 Å². The molecule has 5 heteroatoms. The first-order valence-electron chi connectivity index (χ1n) is 6.95. The van der Waals surface area contributed by atoms with E-state index >= 15 is 0 Å². The number of carbonyl (C=O) groups is 1. The van der Waals surface area contributed by atoms with Crippen molar-refractivity contribution < 1.29 is 14.6 Å². The highest BCUT2D eigenvalue weighted by molar-refractivity contribution is 9.10. The molecule has 1 rings (SSSR count). The fraction of sp³-hybridized carbons (Fsp3) is 0.533. The second-order valence-electron chi connectivity index (χ2n) is 4.53. The first-order chi connectivity index (χ1) is 9.58. The Balaban J connectivity index is 2.47. The third-order valence-electron chi connectivity index (χ3n) is 3.03. The lowest BCUT2D eigenvalue weighted by molar-refractivity contribution is -0.143. The van der Waals surface area contributed by atoms with Gasteiger partial charge in [0.1, 0.15) is 5.75 Å². The van der Waals surface area contributed by atoms with Crippen LogP contribution in [0.2, 0.25) is 0 Å². The molecule has 0 aliphatic heterocycles. The second kappa shape index (κ2) is 8.97. The van der Waals surface area contributed by atoms with Gasteiger partial charge < -0.3 is 15.2 Å². The van der Waals surface area contributed by atoms with Gasteiger partial charge in [-0.05, 0) is 44.5 Å². The summed E-state index contributed by atoms with van der Waals surface area (Å²) in [6.07, 6.45) is 2.01. The van der Waals surface area contributed by atoms with Gasteiger partial charge in [0.15, 0.2) is 0 Å². The maximum absolute atomic E-state index is 11.2. The van der Waals surface area contributed by atoms with Crippen LogP contribution in [0.15, 0.2) is 22.7 Å². The maximum Gasteiger partial charge on any atom is 0.305 e. The van der Waals surface area contributed by atoms with E-state index in [0.29, 0.717) is 19.6 Å². The van der Waals surface area contributed by atoms with Gasteiger partial charge in [0.25, 0.3) is 0 Å². The molecule has 0 aromatic heterocycles. The molecule has 0 aliphatic rings. The molecule has 0 fully saturated rings. The van der Waals surface area contributed by atoms with E-state index in [-0.39, 0.29) is 17.8 Å². The Bertz CT molecular complexity index is 437. The molecule has 1 unspecified atom stereocenters. The Morgan fingerprint density at radius 3 is 2.85 bits per heavy atom. The quantitative estimate of drug-likeness (QED) is 0.559. The van der Waals surface area contributed by atoms with Gasteiger partial charge in [0.2, 0.25) is 0 Å². The van der Waals surface area contributed by atoms with Crippen LogP contribution in [0, 0.1) is 0 Å². The number of phenols is 1. The summed E-state index contributed by atoms with van der Waals surface area (Å²) in [6.45, 7) is 5.00. The Labute approximate surface area is 128 Å². The van der Waals surface area contributed by atoms with Crippen molar-refractivity contribution in [3.8, 4) is 5.75 Å². The highest BCUT2D eigenvalue weighted by Crippen LogP contribution is 2.29. The summed E-state index contributed by atoms with van der Waals surface area (Å²) in [5.41, 5.74) is 0.873. The second-order valence-corrected chi connectivity index (χ2v) is 5.44. The smallest absolute Gasteiger partial charge is 0.305 e. The first-order valence-corrected chi connectivity index (χ1v) is 7.75. The number of hydrogen-bond donors (Lipinski definition) is 2. The molecule has 0 aliphatic carbocycles. The summed E-state index contributed by atoms with van der Waals surface area (Å²) in [5, 5.41) is 13.3. The van der Waals surface area contributed by atoms with Crippen LogP contribution in [0.1, 0.15) is 44.7 Å². The largest absolute Gasteiger partial charge is 0.508 e. The van der Waals surface area contributed by atoms with Gasteiger partial charge in [-0.1, -0.05) is 22.9 Å². The molecule has 1 atom stereocenters. The number of ether oxygens (including phenoxy) is 1. The molecular formula is C15H22BrNO3. The predicted octanol–water partition coefficient (Wildman–Crippen LogP) is 3.54. The zero-order chi connectivity index (χ0) is 15.0. The average molecular weight is 344 g/mol. The third kappa shape index (κ3) is 5.51. The summed E-state index contributed by atoms with van der Waals surface area (Å²) in [7, 11) is 0. The normalized spacial score (nSPS) is 12.2. The van der Waals surface area contributed by atoms with Gasteiger partial charge in [0.05, 0.1) is 6.61 Å².